The normalized spacial score (nSPS) is 12.9. The number of aliphatic imine (C=N–C) groups is 1. The van der Waals surface area contributed by atoms with Gasteiger partial charge in [0.05, 0.1) is 0 Å². The third-order valence-electron chi connectivity index (χ3n) is 2.35. The second-order valence-corrected chi connectivity index (χ2v) is 6.43. The minimum absolute atomic E-state index is 0.462. The van der Waals surface area contributed by atoms with E-state index in [-0.39, 0.29) is 0 Å². The van der Waals surface area contributed by atoms with Gasteiger partial charge in [0, 0.05) is 34.8 Å². The average Bonchev–Trinajstić information content (AvgIpc) is 2.42. The largest absolute Gasteiger partial charge is 0.355 e. The number of halogens is 1. The van der Waals surface area contributed by atoms with E-state index in [4.69, 9.17) is 0 Å². The second-order valence-electron chi connectivity index (χ2n) is 4.01. The Bertz CT molecular complexity index is 417. The van der Waals surface area contributed by atoms with E-state index in [0.717, 1.165) is 17.0 Å². The molecule has 0 heterocycles. The number of hydrogen-bond acceptors (Lipinski definition) is 2. The van der Waals surface area contributed by atoms with Gasteiger partial charge >= 0.3 is 0 Å². The van der Waals surface area contributed by atoms with Gasteiger partial charge in [-0.25, -0.2) is 0 Å². The molecule has 0 saturated heterocycles. The van der Waals surface area contributed by atoms with Gasteiger partial charge in [-0.3, -0.25) is 4.99 Å². The fourth-order valence-corrected chi connectivity index (χ4v) is 2.61. The van der Waals surface area contributed by atoms with Gasteiger partial charge in [0.2, 0.25) is 0 Å². The van der Waals surface area contributed by atoms with Crippen LogP contribution in [0, 0.1) is 0 Å². The number of hydrogen-bond donors (Lipinski definition) is 2. The van der Waals surface area contributed by atoms with Gasteiger partial charge < -0.3 is 10.6 Å². The molecule has 0 amide bonds. The van der Waals surface area contributed by atoms with E-state index in [1.165, 1.54) is 4.90 Å². The van der Waals surface area contributed by atoms with E-state index in [1.54, 1.807) is 7.05 Å². The van der Waals surface area contributed by atoms with Crippen molar-refractivity contribution < 1.29 is 0 Å². The third-order valence-corrected chi connectivity index (χ3v) is 3.99. The zero-order valence-corrected chi connectivity index (χ0v) is 13.7. The lowest BCUT2D eigenvalue weighted by atomic mass is 10.4. The van der Waals surface area contributed by atoms with Crippen LogP contribution in [0.15, 0.2) is 51.3 Å². The maximum Gasteiger partial charge on any atom is 0.191 e. The summed E-state index contributed by atoms with van der Waals surface area (Å²) in [6.45, 7) is 7.44. The van der Waals surface area contributed by atoms with Crippen LogP contribution in [-0.2, 0) is 0 Å². The quantitative estimate of drug-likeness (QED) is 0.361. The van der Waals surface area contributed by atoms with Crippen molar-refractivity contribution in [3.8, 4) is 0 Å². The van der Waals surface area contributed by atoms with Crippen molar-refractivity contribution in [3.63, 3.8) is 0 Å². The highest BCUT2D eigenvalue weighted by atomic mass is 79.9. The van der Waals surface area contributed by atoms with E-state index in [2.05, 4.69) is 69.3 Å². The summed E-state index contributed by atoms with van der Waals surface area (Å²) in [5.41, 5.74) is 0. The van der Waals surface area contributed by atoms with Crippen molar-refractivity contribution in [2.75, 3.05) is 20.1 Å². The highest BCUT2D eigenvalue weighted by molar-refractivity contribution is 9.10. The fraction of sp³-hybridized carbons (Fsp3) is 0.357. The standard InChI is InChI=1S/C14H20BrN3S/c1-4-9-17-14(16-3)18-10-11(2)19-13-7-5-12(15)6-8-13/h4-8,11H,1,9-10H2,2-3H3,(H2,16,17,18). The van der Waals surface area contributed by atoms with Crippen molar-refractivity contribution >= 4 is 33.7 Å². The molecule has 0 radical (unpaired) electrons. The minimum atomic E-state index is 0.462. The second kappa shape index (κ2) is 9.04. The van der Waals surface area contributed by atoms with Crippen molar-refractivity contribution in [1.82, 2.24) is 10.6 Å². The van der Waals surface area contributed by atoms with Crippen LogP contribution < -0.4 is 10.6 Å². The molecule has 0 aliphatic carbocycles. The van der Waals surface area contributed by atoms with Gasteiger partial charge in [-0.05, 0) is 24.3 Å². The van der Waals surface area contributed by atoms with Crippen LogP contribution in [-0.4, -0.2) is 31.3 Å². The first-order chi connectivity index (χ1) is 9.15. The Labute approximate surface area is 128 Å². The zero-order valence-electron chi connectivity index (χ0n) is 11.3. The Hall–Kier alpha value is -0.940. The Morgan fingerprint density at radius 2 is 2.11 bits per heavy atom. The molecular weight excluding hydrogens is 322 g/mol. The molecule has 0 aliphatic rings. The number of nitrogens with zero attached hydrogens (tertiary/aromatic N) is 1. The topological polar surface area (TPSA) is 36.4 Å². The number of benzene rings is 1. The molecule has 0 aromatic heterocycles. The lowest BCUT2D eigenvalue weighted by Crippen LogP contribution is -2.39. The fourth-order valence-electron chi connectivity index (χ4n) is 1.42. The van der Waals surface area contributed by atoms with Crippen molar-refractivity contribution in [3.05, 3.63) is 41.4 Å². The summed E-state index contributed by atoms with van der Waals surface area (Å²) >= 11 is 5.28. The number of guanidine groups is 1. The molecule has 1 aromatic carbocycles. The Morgan fingerprint density at radius 3 is 2.68 bits per heavy atom. The van der Waals surface area contributed by atoms with Gasteiger partial charge in [-0.15, -0.1) is 18.3 Å². The first kappa shape index (κ1) is 16.1. The lowest BCUT2D eigenvalue weighted by molar-refractivity contribution is 0.815. The Morgan fingerprint density at radius 1 is 1.42 bits per heavy atom. The SMILES string of the molecule is C=CCNC(=NC)NCC(C)Sc1ccc(Br)cc1. The van der Waals surface area contributed by atoms with E-state index < -0.39 is 0 Å². The summed E-state index contributed by atoms with van der Waals surface area (Å²) in [6.07, 6.45) is 1.81. The summed E-state index contributed by atoms with van der Waals surface area (Å²) in [7, 11) is 1.77. The first-order valence-corrected chi connectivity index (χ1v) is 7.80. The molecule has 3 nitrogen and oxygen atoms in total. The summed E-state index contributed by atoms with van der Waals surface area (Å²) in [5.74, 6) is 0.808. The molecular formula is C14H20BrN3S. The van der Waals surface area contributed by atoms with Crippen LogP contribution in [0.2, 0.25) is 0 Å². The molecule has 1 atom stereocenters. The Kier molecular flexibility index (Phi) is 7.67. The molecule has 104 valence electrons. The molecule has 1 rings (SSSR count). The van der Waals surface area contributed by atoms with Gasteiger partial charge in [-0.1, -0.05) is 28.9 Å². The number of rotatable bonds is 6. The molecule has 19 heavy (non-hydrogen) atoms. The summed E-state index contributed by atoms with van der Waals surface area (Å²) in [5, 5.41) is 6.91. The van der Waals surface area contributed by atoms with Gasteiger partial charge in [0.15, 0.2) is 5.96 Å². The van der Waals surface area contributed by atoms with Crippen LogP contribution in [0.1, 0.15) is 6.92 Å². The molecule has 0 bridgehead atoms. The molecule has 0 spiro atoms. The van der Waals surface area contributed by atoms with Crippen molar-refractivity contribution in [1.29, 1.82) is 0 Å². The Balaban J connectivity index is 2.36. The molecule has 1 unspecified atom stereocenters. The predicted molar refractivity (Wildman–Crippen MR) is 89.0 cm³/mol. The van der Waals surface area contributed by atoms with E-state index in [0.29, 0.717) is 11.8 Å². The molecule has 0 aliphatic heterocycles. The minimum Gasteiger partial charge on any atom is -0.355 e. The summed E-state index contributed by atoms with van der Waals surface area (Å²) in [4.78, 5) is 5.42. The number of thioether (sulfide) groups is 1. The average molecular weight is 342 g/mol. The number of nitrogens with one attached hydrogen (secondary N) is 2. The smallest absolute Gasteiger partial charge is 0.191 e. The summed E-state index contributed by atoms with van der Waals surface area (Å²) in [6, 6.07) is 8.37. The van der Waals surface area contributed by atoms with Crippen LogP contribution in [0.5, 0.6) is 0 Å². The van der Waals surface area contributed by atoms with Crippen LogP contribution >= 0.6 is 27.7 Å². The van der Waals surface area contributed by atoms with Gasteiger partial charge in [-0.2, -0.15) is 0 Å². The molecule has 0 saturated carbocycles. The van der Waals surface area contributed by atoms with Crippen LogP contribution in [0.3, 0.4) is 0 Å². The maximum atomic E-state index is 4.15. The lowest BCUT2D eigenvalue weighted by Gasteiger charge is -2.15. The highest BCUT2D eigenvalue weighted by Crippen LogP contribution is 2.24. The van der Waals surface area contributed by atoms with E-state index >= 15 is 0 Å². The zero-order chi connectivity index (χ0) is 14.1. The monoisotopic (exact) mass is 341 g/mol. The maximum absolute atomic E-state index is 4.15. The third kappa shape index (κ3) is 6.68. The molecule has 0 fully saturated rings. The highest BCUT2D eigenvalue weighted by Gasteiger charge is 2.05. The van der Waals surface area contributed by atoms with Gasteiger partial charge in [0.25, 0.3) is 0 Å². The van der Waals surface area contributed by atoms with Crippen molar-refractivity contribution in [2.24, 2.45) is 4.99 Å². The van der Waals surface area contributed by atoms with Crippen LogP contribution in [0.25, 0.3) is 0 Å². The first-order valence-electron chi connectivity index (χ1n) is 6.13. The predicted octanol–water partition coefficient (Wildman–Crippen LogP) is 3.28. The molecule has 5 heteroatoms. The summed E-state index contributed by atoms with van der Waals surface area (Å²) < 4.78 is 1.11. The van der Waals surface area contributed by atoms with E-state index in [9.17, 15) is 0 Å². The van der Waals surface area contributed by atoms with Crippen molar-refractivity contribution in [2.45, 2.75) is 17.1 Å². The molecule has 2 N–H and O–H groups in total. The molecule has 1 aromatic rings. The van der Waals surface area contributed by atoms with Crippen LogP contribution in [0.4, 0.5) is 0 Å². The van der Waals surface area contributed by atoms with E-state index in [1.807, 2.05) is 17.8 Å². The van der Waals surface area contributed by atoms with Gasteiger partial charge in [0.1, 0.15) is 0 Å².